The number of hydrogen-bond acceptors (Lipinski definition) is 3. The van der Waals surface area contributed by atoms with E-state index in [1.165, 1.54) is 57.8 Å². The van der Waals surface area contributed by atoms with Crippen LogP contribution in [0.3, 0.4) is 0 Å². The highest BCUT2D eigenvalue weighted by Gasteiger charge is 2.14. The Morgan fingerprint density at radius 2 is 0.875 bits per heavy atom. The molecule has 0 aliphatic rings. The number of carbonyl (C=O) groups is 2. The summed E-state index contributed by atoms with van der Waals surface area (Å²) in [4.78, 5) is 23.4. The quantitative estimate of drug-likeness (QED) is 0.0410. The summed E-state index contributed by atoms with van der Waals surface area (Å²) in [6.45, 7) is 4.43. The molecule has 0 aromatic heterocycles. The lowest BCUT2D eigenvalue weighted by Gasteiger charge is -2.18. The minimum Gasteiger partial charge on any atom is -0.481 e. The first-order valence-corrected chi connectivity index (χ1v) is 20.3. The molecule has 0 fully saturated rings. The Bertz CT molecular complexity index is 850. The molecule has 0 spiro atoms. The molecule has 0 saturated heterocycles. The maximum absolute atomic E-state index is 12.7. The van der Waals surface area contributed by atoms with Crippen molar-refractivity contribution in [2.24, 2.45) is 0 Å². The maximum atomic E-state index is 12.7. The number of esters is 1. The number of unbranched alkanes of at least 4 members (excludes halogenated alkanes) is 17. The predicted molar refractivity (Wildman–Crippen MR) is 208 cm³/mol. The van der Waals surface area contributed by atoms with Gasteiger partial charge in [0.25, 0.3) is 0 Å². The number of aliphatic carboxylic acids is 1. The summed E-state index contributed by atoms with van der Waals surface area (Å²) in [5.41, 5.74) is 0. The van der Waals surface area contributed by atoms with E-state index in [9.17, 15) is 9.59 Å². The van der Waals surface area contributed by atoms with Crippen LogP contribution in [0.25, 0.3) is 0 Å². The van der Waals surface area contributed by atoms with Gasteiger partial charge in [-0.25, -0.2) is 0 Å². The molecule has 0 radical (unpaired) electrons. The van der Waals surface area contributed by atoms with E-state index < -0.39 is 5.97 Å². The fourth-order valence-corrected chi connectivity index (χ4v) is 5.80. The molecule has 4 heteroatoms. The molecule has 0 aromatic rings. The van der Waals surface area contributed by atoms with Crippen LogP contribution in [0.5, 0.6) is 0 Å². The molecule has 1 unspecified atom stereocenters. The van der Waals surface area contributed by atoms with Crippen LogP contribution >= 0.6 is 0 Å². The van der Waals surface area contributed by atoms with Gasteiger partial charge in [-0.3, -0.25) is 9.59 Å². The van der Waals surface area contributed by atoms with Gasteiger partial charge in [0.1, 0.15) is 6.10 Å². The molecule has 48 heavy (non-hydrogen) atoms. The van der Waals surface area contributed by atoms with Crippen molar-refractivity contribution in [2.75, 3.05) is 0 Å². The summed E-state index contributed by atoms with van der Waals surface area (Å²) in [6, 6.07) is 0. The van der Waals surface area contributed by atoms with E-state index in [0.29, 0.717) is 6.42 Å². The molecule has 0 saturated carbocycles. The van der Waals surface area contributed by atoms with Crippen molar-refractivity contribution in [3.8, 4) is 0 Å². The van der Waals surface area contributed by atoms with Gasteiger partial charge in [-0.1, -0.05) is 164 Å². The van der Waals surface area contributed by atoms with Gasteiger partial charge in [-0.15, -0.1) is 0 Å². The second kappa shape index (κ2) is 39.1. The fourth-order valence-electron chi connectivity index (χ4n) is 5.80. The first kappa shape index (κ1) is 45.6. The number of hydrogen-bond donors (Lipinski definition) is 1. The molecule has 0 aromatic carbocycles. The predicted octanol–water partition coefficient (Wildman–Crippen LogP) is 14.1. The van der Waals surface area contributed by atoms with Crippen LogP contribution in [-0.4, -0.2) is 23.1 Å². The van der Waals surface area contributed by atoms with Gasteiger partial charge in [0.15, 0.2) is 0 Å². The molecule has 1 atom stereocenters. The largest absolute Gasteiger partial charge is 0.481 e. The second-order valence-electron chi connectivity index (χ2n) is 13.4. The molecular weight excluding hydrogens is 592 g/mol. The van der Waals surface area contributed by atoms with Crippen LogP contribution in [0, 0.1) is 0 Å². The SMILES string of the molecule is CC/C=C\C/C=C\C/C=C\C/C=C\C/C=C\CCCCCC(=O)OC(CCCCCCCCCCCC)CCCCCCCCC(=O)O. The van der Waals surface area contributed by atoms with Crippen LogP contribution < -0.4 is 0 Å². The zero-order valence-corrected chi connectivity index (χ0v) is 31.5. The van der Waals surface area contributed by atoms with Crippen molar-refractivity contribution in [3.63, 3.8) is 0 Å². The van der Waals surface area contributed by atoms with E-state index in [1.54, 1.807) is 0 Å². The third-order valence-electron chi connectivity index (χ3n) is 8.75. The number of ether oxygens (including phenoxy) is 1. The smallest absolute Gasteiger partial charge is 0.306 e. The van der Waals surface area contributed by atoms with Gasteiger partial charge in [-0.05, 0) is 83.5 Å². The van der Waals surface area contributed by atoms with Gasteiger partial charge in [0, 0.05) is 12.8 Å². The lowest BCUT2D eigenvalue weighted by molar-refractivity contribution is -0.150. The van der Waals surface area contributed by atoms with E-state index in [4.69, 9.17) is 9.84 Å². The Labute approximate surface area is 297 Å². The molecule has 1 N–H and O–H groups in total. The highest BCUT2D eigenvalue weighted by Crippen LogP contribution is 2.19. The second-order valence-corrected chi connectivity index (χ2v) is 13.4. The molecule has 4 nitrogen and oxygen atoms in total. The average molecular weight is 669 g/mol. The van der Waals surface area contributed by atoms with E-state index in [1.807, 2.05) is 0 Å². The van der Waals surface area contributed by atoms with Gasteiger partial charge in [-0.2, -0.15) is 0 Å². The monoisotopic (exact) mass is 669 g/mol. The molecule has 276 valence electrons. The number of carboxylic acids is 1. The normalized spacial score (nSPS) is 12.9. The van der Waals surface area contributed by atoms with Gasteiger partial charge in [0.05, 0.1) is 0 Å². The Morgan fingerprint density at radius 3 is 1.35 bits per heavy atom. The van der Waals surface area contributed by atoms with Crippen molar-refractivity contribution < 1.29 is 19.4 Å². The Balaban J connectivity index is 4.11. The summed E-state index contributed by atoms with van der Waals surface area (Å²) >= 11 is 0. The van der Waals surface area contributed by atoms with Crippen molar-refractivity contribution in [3.05, 3.63) is 60.8 Å². The molecule has 0 bridgehead atoms. The molecule has 0 aliphatic carbocycles. The maximum Gasteiger partial charge on any atom is 0.306 e. The molecule has 0 heterocycles. The van der Waals surface area contributed by atoms with Crippen LogP contribution in [0.15, 0.2) is 60.8 Å². The highest BCUT2D eigenvalue weighted by atomic mass is 16.5. The summed E-state index contributed by atoms with van der Waals surface area (Å²) < 4.78 is 6.01. The zero-order chi connectivity index (χ0) is 35.0. The molecule has 0 amide bonds. The lowest BCUT2D eigenvalue weighted by atomic mass is 10.0. The number of allylic oxidation sites excluding steroid dienone is 10. The Kier molecular flexibility index (Phi) is 37.2. The minimum atomic E-state index is -0.697. The van der Waals surface area contributed by atoms with Crippen LogP contribution in [0.1, 0.15) is 200 Å². The number of carboxylic acid groups (broad SMARTS) is 1. The highest BCUT2D eigenvalue weighted by molar-refractivity contribution is 5.69. The van der Waals surface area contributed by atoms with Crippen molar-refractivity contribution in [1.82, 2.24) is 0 Å². The van der Waals surface area contributed by atoms with Gasteiger partial charge >= 0.3 is 11.9 Å². The Morgan fingerprint density at radius 1 is 0.479 bits per heavy atom. The van der Waals surface area contributed by atoms with E-state index >= 15 is 0 Å². The standard InChI is InChI=1S/C44H76O4/c1-3-5-7-9-11-13-15-16-17-18-19-20-21-22-23-25-27-33-37-41-44(47)48-42(39-35-31-28-29-32-36-40-43(45)46)38-34-30-26-24-14-12-10-8-6-4-2/h5,7,11,13,16-17,19-20,22-23,42H,3-4,6,8-10,12,14-15,18,21,24-41H2,1-2H3,(H,45,46)/b7-5-,13-11-,17-16-,20-19-,23-22-. The topological polar surface area (TPSA) is 63.6 Å². The van der Waals surface area contributed by atoms with Gasteiger partial charge in [0.2, 0.25) is 0 Å². The van der Waals surface area contributed by atoms with Crippen LogP contribution in [0.2, 0.25) is 0 Å². The van der Waals surface area contributed by atoms with Gasteiger partial charge < -0.3 is 9.84 Å². The summed E-state index contributed by atoms with van der Waals surface area (Å²) in [5, 5.41) is 8.79. The molecule has 0 rings (SSSR count). The summed E-state index contributed by atoms with van der Waals surface area (Å²) in [7, 11) is 0. The van der Waals surface area contributed by atoms with E-state index in [-0.39, 0.29) is 18.5 Å². The minimum absolute atomic E-state index is 0.0179. The first-order chi connectivity index (χ1) is 23.6. The zero-order valence-electron chi connectivity index (χ0n) is 31.5. The molecule has 0 aliphatic heterocycles. The first-order valence-electron chi connectivity index (χ1n) is 20.3. The Hall–Kier alpha value is -2.36. The van der Waals surface area contributed by atoms with Crippen LogP contribution in [-0.2, 0) is 14.3 Å². The van der Waals surface area contributed by atoms with Crippen molar-refractivity contribution in [2.45, 2.75) is 206 Å². The fraction of sp³-hybridized carbons (Fsp3) is 0.727. The summed E-state index contributed by atoms with van der Waals surface area (Å²) in [5.74, 6) is -0.715. The third kappa shape index (κ3) is 38.1. The number of rotatable bonds is 36. The van der Waals surface area contributed by atoms with Crippen molar-refractivity contribution >= 4 is 11.9 Å². The van der Waals surface area contributed by atoms with E-state index in [0.717, 1.165) is 116 Å². The average Bonchev–Trinajstić information content (AvgIpc) is 3.07. The lowest BCUT2D eigenvalue weighted by Crippen LogP contribution is -2.18. The van der Waals surface area contributed by atoms with E-state index in [2.05, 4.69) is 74.6 Å². The van der Waals surface area contributed by atoms with Crippen LogP contribution in [0.4, 0.5) is 0 Å². The number of carbonyl (C=O) groups excluding carboxylic acids is 1. The third-order valence-corrected chi connectivity index (χ3v) is 8.75. The molecular formula is C44H76O4. The van der Waals surface area contributed by atoms with Crippen molar-refractivity contribution in [1.29, 1.82) is 0 Å². The summed E-state index contributed by atoms with van der Waals surface area (Å²) in [6.07, 6.45) is 53.8.